The molecular formula is C17H20BrN3O3. The number of rotatable bonds is 7. The third-order valence-electron chi connectivity index (χ3n) is 3.24. The van der Waals surface area contributed by atoms with E-state index in [9.17, 15) is 4.79 Å². The fourth-order valence-corrected chi connectivity index (χ4v) is 2.72. The molecule has 0 atom stereocenters. The molecule has 0 fully saturated rings. The van der Waals surface area contributed by atoms with E-state index in [1.807, 2.05) is 24.3 Å². The lowest BCUT2D eigenvalue weighted by molar-refractivity contribution is 0.262. The molecule has 2 aromatic carbocycles. The van der Waals surface area contributed by atoms with Gasteiger partial charge in [-0.2, -0.15) is 0 Å². The molecule has 0 heterocycles. The first-order chi connectivity index (χ1) is 11.6. The van der Waals surface area contributed by atoms with Crippen LogP contribution in [-0.2, 0) is 6.42 Å². The minimum absolute atomic E-state index is 0.0197. The van der Waals surface area contributed by atoms with Crippen molar-refractivity contribution in [1.82, 2.24) is 0 Å². The van der Waals surface area contributed by atoms with Crippen LogP contribution in [0.1, 0.15) is 5.56 Å². The van der Waals surface area contributed by atoms with Crippen LogP contribution < -0.4 is 16.0 Å². The SMILES string of the molecule is O=C(Nc1cc(Br)cc(NCCO)c1)Nc1ccccc1CCO. The number of aliphatic hydroxyl groups excluding tert-OH is 2. The van der Waals surface area contributed by atoms with Gasteiger partial charge in [-0.15, -0.1) is 0 Å². The number of halogens is 1. The van der Waals surface area contributed by atoms with Gasteiger partial charge in [0.25, 0.3) is 0 Å². The molecule has 2 aromatic rings. The Morgan fingerprint density at radius 2 is 1.75 bits per heavy atom. The fraction of sp³-hybridized carbons (Fsp3) is 0.235. The molecule has 2 rings (SSSR count). The Bertz CT molecular complexity index is 695. The lowest BCUT2D eigenvalue weighted by atomic mass is 10.1. The molecular weight excluding hydrogens is 374 g/mol. The molecule has 7 heteroatoms. The lowest BCUT2D eigenvalue weighted by Crippen LogP contribution is -2.20. The van der Waals surface area contributed by atoms with E-state index in [1.54, 1.807) is 18.2 Å². The molecule has 0 aliphatic heterocycles. The van der Waals surface area contributed by atoms with Gasteiger partial charge in [0.05, 0.1) is 6.61 Å². The van der Waals surface area contributed by atoms with Crippen LogP contribution in [0, 0.1) is 0 Å². The maximum Gasteiger partial charge on any atom is 0.323 e. The van der Waals surface area contributed by atoms with E-state index in [2.05, 4.69) is 31.9 Å². The summed E-state index contributed by atoms with van der Waals surface area (Å²) in [5, 5.41) is 26.6. The highest BCUT2D eigenvalue weighted by molar-refractivity contribution is 9.10. The molecule has 0 spiro atoms. The van der Waals surface area contributed by atoms with Crippen molar-refractivity contribution >= 4 is 39.0 Å². The highest BCUT2D eigenvalue weighted by Gasteiger charge is 2.08. The molecule has 0 saturated carbocycles. The number of carbonyl (C=O) groups is 1. The topological polar surface area (TPSA) is 93.6 Å². The van der Waals surface area contributed by atoms with Crippen LogP contribution >= 0.6 is 15.9 Å². The van der Waals surface area contributed by atoms with Crippen molar-refractivity contribution < 1.29 is 15.0 Å². The van der Waals surface area contributed by atoms with Gasteiger partial charge in [-0.3, -0.25) is 0 Å². The summed E-state index contributed by atoms with van der Waals surface area (Å²) < 4.78 is 0.807. The number of anilines is 3. The van der Waals surface area contributed by atoms with E-state index in [1.165, 1.54) is 0 Å². The van der Waals surface area contributed by atoms with Crippen molar-refractivity contribution in [2.75, 3.05) is 35.7 Å². The summed E-state index contributed by atoms with van der Waals surface area (Å²) in [6, 6.07) is 12.4. The largest absolute Gasteiger partial charge is 0.396 e. The van der Waals surface area contributed by atoms with Crippen LogP contribution in [0.2, 0.25) is 0 Å². The molecule has 0 bridgehead atoms. The molecule has 0 radical (unpaired) electrons. The van der Waals surface area contributed by atoms with Gasteiger partial charge in [0.2, 0.25) is 0 Å². The maximum atomic E-state index is 12.2. The van der Waals surface area contributed by atoms with Crippen LogP contribution in [0.25, 0.3) is 0 Å². The van der Waals surface area contributed by atoms with Gasteiger partial charge in [-0.1, -0.05) is 34.1 Å². The second-order valence-electron chi connectivity index (χ2n) is 5.09. The standard InChI is InChI=1S/C17H20BrN3O3/c18-13-9-14(19-6-8-23)11-15(10-13)20-17(24)21-16-4-2-1-3-12(16)5-7-22/h1-4,9-11,19,22-23H,5-8H2,(H2,20,21,24). The Morgan fingerprint density at radius 1 is 1.00 bits per heavy atom. The Morgan fingerprint density at radius 3 is 2.50 bits per heavy atom. The van der Waals surface area contributed by atoms with Gasteiger partial charge in [-0.05, 0) is 36.2 Å². The van der Waals surface area contributed by atoms with E-state index < -0.39 is 0 Å². The third kappa shape index (κ3) is 5.52. The van der Waals surface area contributed by atoms with Gasteiger partial charge in [0.1, 0.15) is 0 Å². The number of benzene rings is 2. The summed E-state index contributed by atoms with van der Waals surface area (Å²) in [6.07, 6.45) is 0.475. The monoisotopic (exact) mass is 393 g/mol. The quantitative estimate of drug-likeness (QED) is 0.499. The molecule has 0 aliphatic carbocycles. The first-order valence-electron chi connectivity index (χ1n) is 7.54. The summed E-state index contributed by atoms with van der Waals surface area (Å²) in [4.78, 5) is 12.2. The molecule has 0 aromatic heterocycles. The zero-order valence-electron chi connectivity index (χ0n) is 13.1. The molecule has 0 unspecified atom stereocenters. The Balaban J connectivity index is 2.06. The molecule has 24 heavy (non-hydrogen) atoms. The minimum atomic E-state index is -0.369. The van der Waals surface area contributed by atoms with E-state index in [-0.39, 0.29) is 19.2 Å². The zero-order valence-corrected chi connectivity index (χ0v) is 14.6. The highest BCUT2D eigenvalue weighted by atomic mass is 79.9. The first kappa shape index (κ1) is 18.3. The molecule has 0 aliphatic rings. The average Bonchev–Trinajstić information content (AvgIpc) is 2.54. The molecule has 5 N–H and O–H groups in total. The number of aliphatic hydroxyl groups is 2. The Hall–Kier alpha value is -2.09. The number of amides is 2. The van der Waals surface area contributed by atoms with Crippen molar-refractivity contribution in [1.29, 1.82) is 0 Å². The van der Waals surface area contributed by atoms with Gasteiger partial charge >= 0.3 is 6.03 Å². The zero-order chi connectivity index (χ0) is 17.4. The van der Waals surface area contributed by atoms with Crippen LogP contribution in [0.3, 0.4) is 0 Å². The Labute approximate surface area is 149 Å². The van der Waals surface area contributed by atoms with Crippen LogP contribution in [0.4, 0.5) is 21.9 Å². The second-order valence-corrected chi connectivity index (χ2v) is 6.00. The van der Waals surface area contributed by atoms with Crippen molar-refractivity contribution in [3.63, 3.8) is 0 Å². The third-order valence-corrected chi connectivity index (χ3v) is 3.70. The highest BCUT2D eigenvalue weighted by Crippen LogP contribution is 2.23. The van der Waals surface area contributed by atoms with E-state index in [4.69, 9.17) is 10.2 Å². The van der Waals surface area contributed by atoms with Gasteiger partial charge in [0.15, 0.2) is 0 Å². The predicted octanol–water partition coefficient (Wildman–Crippen LogP) is 3.03. The van der Waals surface area contributed by atoms with E-state index in [0.29, 0.717) is 24.3 Å². The normalized spacial score (nSPS) is 10.3. The summed E-state index contributed by atoms with van der Waals surface area (Å²) in [5.74, 6) is 0. The minimum Gasteiger partial charge on any atom is -0.396 e. The molecule has 0 saturated heterocycles. The van der Waals surface area contributed by atoms with E-state index >= 15 is 0 Å². The first-order valence-corrected chi connectivity index (χ1v) is 8.34. The predicted molar refractivity (Wildman–Crippen MR) is 99.6 cm³/mol. The number of para-hydroxylation sites is 1. The molecule has 6 nitrogen and oxygen atoms in total. The molecule has 128 valence electrons. The summed E-state index contributed by atoms with van der Waals surface area (Å²) >= 11 is 3.39. The van der Waals surface area contributed by atoms with Gasteiger partial charge in [-0.25, -0.2) is 4.79 Å². The van der Waals surface area contributed by atoms with Crippen LogP contribution in [0.15, 0.2) is 46.9 Å². The summed E-state index contributed by atoms with van der Waals surface area (Å²) in [5.41, 5.74) is 2.93. The summed E-state index contributed by atoms with van der Waals surface area (Å²) in [6.45, 7) is 0.472. The number of hydrogen-bond donors (Lipinski definition) is 5. The molecule has 2 amide bonds. The fourth-order valence-electron chi connectivity index (χ4n) is 2.23. The van der Waals surface area contributed by atoms with Crippen LogP contribution in [-0.4, -0.2) is 36.0 Å². The second kappa shape index (κ2) is 9.27. The van der Waals surface area contributed by atoms with E-state index in [0.717, 1.165) is 15.7 Å². The smallest absolute Gasteiger partial charge is 0.323 e. The van der Waals surface area contributed by atoms with Crippen molar-refractivity contribution in [2.45, 2.75) is 6.42 Å². The van der Waals surface area contributed by atoms with Crippen LogP contribution in [0.5, 0.6) is 0 Å². The number of carbonyl (C=O) groups excluding carboxylic acids is 1. The van der Waals surface area contributed by atoms with Crippen molar-refractivity contribution in [3.8, 4) is 0 Å². The van der Waals surface area contributed by atoms with Crippen molar-refractivity contribution in [2.24, 2.45) is 0 Å². The maximum absolute atomic E-state index is 12.2. The number of urea groups is 1. The number of nitrogens with one attached hydrogen (secondary N) is 3. The van der Waals surface area contributed by atoms with Gasteiger partial charge in [0, 0.05) is 34.7 Å². The van der Waals surface area contributed by atoms with Crippen molar-refractivity contribution in [3.05, 3.63) is 52.5 Å². The average molecular weight is 394 g/mol. The Kier molecular flexibility index (Phi) is 7.05. The lowest BCUT2D eigenvalue weighted by Gasteiger charge is -2.13. The van der Waals surface area contributed by atoms with Gasteiger partial charge < -0.3 is 26.2 Å². The summed E-state index contributed by atoms with van der Waals surface area (Å²) in [7, 11) is 0. The number of hydrogen-bond acceptors (Lipinski definition) is 4.